The van der Waals surface area contributed by atoms with Crippen LogP contribution in [0.3, 0.4) is 0 Å². The molecule has 0 spiro atoms. The maximum atomic E-state index is 2.42. The molecule has 11 aromatic rings. The van der Waals surface area contributed by atoms with Crippen molar-refractivity contribution in [2.75, 3.05) is 0 Å². The zero-order valence-corrected chi connectivity index (χ0v) is 29.6. The molecular weight excluding hydrogens is 661 g/mol. The number of nitrogens with zero attached hydrogens (tertiary/aromatic N) is 2. The lowest BCUT2D eigenvalue weighted by atomic mass is 9.98. The summed E-state index contributed by atoms with van der Waals surface area (Å²) in [7, 11) is 0. The van der Waals surface area contributed by atoms with Crippen molar-refractivity contribution in [3.8, 4) is 44.8 Å². The van der Waals surface area contributed by atoms with Crippen LogP contribution in [0.15, 0.2) is 194 Å². The third-order valence-electron chi connectivity index (χ3n) is 10.8. The number of hydrogen-bond acceptors (Lipinski definition) is 1. The van der Waals surface area contributed by atoms with E-state index in [4.69, 9.17) is 0 Å². The van der Waals surface area contributed by atoms with Crippen molar-refractivity contribution < 1.29 is 0 Å². The zero-order valence-electron chi connectivity index (χ0n) is 28.8. The van der Waals surface area contributed by atoms with E-state index in [1.807, 2.05) is 11.3 Å². The summed E-state index contributed by atoms with van der Waals surface area (Å²) in [5.41, 5.74) is 13.5. The monoisotopic (exact) mass is 692 g/mol. The van der Waals surface area contributed by atoms with Gasteiger partial charge >= 0.3 is 0 Å². The number of para-hydroxylation sites is 2. The van der Waals surface area contributed by atoms with Crippen LogP contribution in [0.25, 0.3) is 97.6 Å². The average molecular weight is 693 g/mol. The third kappa shape index (κ3) is 4.78. The fraction of sp³-hybridized carbons (Fsp3) is 0. The van der Waals surface area contributed by atoms with E-state index in [1.54, 1.807) is 0 Å². The van der Waals surface area contributed by atoms with Gasteiger partial charge in [0.25, 0.3) is 0 Å². The van der Waals surface area contributed by atoms with Gasteiger partial charge in [-0.2, -0.15) is 0 Å². The van der Waals surface area contributed by atoms with Gasteiger partial charge in [-0.3, -0.25) is 0 Å². The number of hydrogen-bond donors (Lipinski definition) is 0. The Morgan fingerprint density at radius 2 is 0.906 bits per heavy atom. The quantitative estimate of drug-likeness (QED) is 0.170. The molecule has 2 nitrogen and oxygen atoms in total. The largest absolute Gasteiger partial charge is 0.317 e. The van der Waals surface area contributed by atoms with E-state index >= 15 is 0 Å². The fourth-order valence-electron chi connectivity index (χ4n) is 8.23. The van der Waals surface area contributed by atoms with E-state index in [0.29, 0.717) is 0 Å². The number of benzene rings is 8. The highest BCUT2D eigenvalue weighted by molar-refractivity contribution is 7.26. The van der Waals surface area contributed by atoms with Crippen molar-refractivity contribution in [1.82, 2.24) is 9.13 Å². The van der Waals surface area contributed by atoms with Gasteiger partial charge in [0.1, 0.15) is 0 Å². The standard InChI is InChI=1S/C50H32N2S/c1-3-11-33(12-4-1)34-21-23-35(24-22-34)40-16-9-18-43-44-19-10-17-41(50(44)53-49(40)43)36-25-27-39(28-26-36)52-46-20-8-7-15-42(46)45-32-47-37(31-48(45)52)29-30-51(47)38-13-5-2-6-14-38/h1-32H. The highest BCUT2D eigenvalue weighted by Crippen LogP contribution is 2.44. The van der Waals surface area contributed by atoms with E-state index < -0.39 is 0 Å². The van der Waals surface area contributed by atoms with Crippen LogP contribution in [0.4, 0.5) is 0 Å². The Balaban J connectivity index is 1.01. The molecule has 0 amide bonds. The minimum atomic E-state index is 1.16. The van der Waals surface area contributed by atoms with Gasteiger partial charge in [0.2, 0.25) is 0 Å². The SMILES string of the molecule is c1ccc(-c2ccc(-c3cccc4c3sc3c(-c5ccc(-n6c7ccccc7c7cc8c(ccn8-c8ccccc8)cc76)cc5)cccc34)cc2)cc1. The van der Waals surface area contributed by atoms with Gasteiger partial charge < -0.3 is 9.13 Å². The average Bonchev–Trinajstić information content (AvgIpc) is 3.92. The lowest BCUT2D eigenvalue weighted by Crippen LogP contribution is -1.94. The third-order valence-corrected chi connectivity index (χ3v) is 12.1. The van der Waals surface area contributed by atoms with Crippen molar-refractivity contribution in [1.29, 1.82) is 0 Å². The fourth-order valence-corrected chi connectivity index (χ4v) is 9.60. The van der Waals surface area contributed by atoms with Crippen LogP contribution in [-0.2, 0) is 0 Å². The molecule has 0 aliphatic rings. The van der Waals surface area contributed by atoms with Crippen molar-refractivity contribution >= 4 is 64.2 Å². The first-order chi connectivity index (χ1) is 26.3. The molecule has 0 radical (unpaired) electrons. The van der Waals surface area contributed by atoms with Gasteiger partial charge in [0.05, 0.1) is 16.6 Å². The van der Waals surface area contributed by atoms with E-state index in [9.17, 15) is 0 Å². The summed E-state index contributed by atoms with van der Waals surface area (Å²) in [6.45, 7) is 0. The molecule has 3 aromatic heterocycles. The van der Waals surface area contributed by atoms with E-state index in [1.165, 1.54) is 91.9 Å². The summed E-state index contributed by atoms with van der Waals surface area (Å²) in [6.07, 6.45) is 2.18. The van der Waals surface area contributed by atoms with E-state index in [-0.39, 0.29) is 0 Å². The van der Waals surface area contributed by atoms with E-state index in [0.717, 1.165) is 5.69 Å². The van der Waals surface area contributed by atoms with Gasteiger partial charge in [0.15, 0.2) is 0 Å². The molecular formula is C50H32N2S. The second kappa shape index (κ2) is 11.9. The maximum absolute atomic E-state index is 2.42. The van der Waals surface area contributed by atoms with Crippen LogP contribution in [-0.4, -0.2) is 9.13 Å². The molecule has 0 aliphatic carbocycles. The first-order valence-corrected chi connectivity index (χ1v) is 18.9. The highest BCUT2D eigenvalue weighted by Gasteiger charge is 2.17. The van der Waals surface area contributed by atoms with Crippen molar-refractivity contribution in [3.63, 3.8) is 0 Å². The number of aromatic nitrogens is 2. The van der Waals surface area contributed by atoms with Crippen LogP contribution in [0.2, 0.25) is 0 Å². The van der Waals surface area contributed by atoms with E-state index in [2.05, 4.69) is 203 Å². The summed E-state index contributed by atoms with van der Waals surface area (Å²) in [6, 6.07) is 68.6. The lowest BCUT2D eigenvalue weighted by molar-refractivity contribution is 1.13. The first-order valence-electron chi connectivity index (χ1n) is 18.1. The second-order valence-electron chi connectivity index (χ2n) is 13.8. The van der Waals surface area contributed by atoms with Gasteiger partial charge in [-0.25, -0.2) is 0 Å². The lowest BCUT2D eigenvalue weighted by Gasteiger charge is -2.10. The summed E-state index contributed by atoms with van der Waals surface area (Å²) < 4.78 is 7.36. The number of rotatable bonds is 5. The molecule has 0 unspecified atom stereocenters. The van der Waals surface area contributed by atoms with Crippen LogP contribution < -0.4 is 0 Å². The molecule has 248 valence electrons. The van der Waals surface area contributed by atoms with Crippen LogP contribution in [0.1, 0.15) is 0 Å². The molecule has 0 bridgehead atoms. The molecule has 0 aliphatic heterocycles. The molecule has 3 heterocycles. The Kier molecular flexibility index (Phi) is 6.76. The molecule has 3 heteroatoms. The first kappa shape index (κ1) is 30.0. The number of thiophene rings is 1. The van der Waals surface area contributed by atoms with Crippen LogP contribution in [0.5, 0.6) is 0 Å². The Morgan fingerprint density at radius 1 is 0.340 bits per heavy atom. The summed E-state index contributed by atoms with van der Waals surface area (Å²) in [5.74, 6) is 0. The molecule has 0 fully saturated rings. The predicted molar refractivity (Wildman–Crippen MR) is 227 cm³/mol. The minimum Gasteiger partial charge on any atom is -0.317 e. The molecule has 53 heavy (non-hydrogen) atoms. The molecule has 0 N–H and O–H groups in total. The molecule has 11 rings (SSSR count). The normalized spacial score (nSPS) is 11.8. The number of fused-ring (bicyclic) bond motifs is 7. The maximum Gasteiger partial charge on any atom is 0.0548 e. The predicted octanol–water partition coefficient (Wildman–Crippen LogP) is 14.1. The van der Waals surface area contributed by atoms with Crippen molar-refractivity contribution in [3.05, 3.63) is 194 Å². The smallest absolute Gasteiger partial charge is 0.0548 e. The molecule has 0 saturated heterocycles. The molecule has 0 atom stereocenters. The highest BCUT2D eigenvalue weighted by atomic mass is 32.1. The van der Waals surface area contributed by atoms with Gasteiger partial charge in [-0.15, -0.1) is 11.3 Å². The molecule has 8 aromatic carbocycles. The van der Waals surface area contributed by atoms with Crippen molar-refractivity contribution in [2.24, 2.45) is 0 Å². The van der Waals surface area contributed by atoms with Crippen molar-refractivity contribution in [2.45, 2.75) is 0 Å². The van der Waals surface area contributed by atoms with Crippen LogP contribution in [0, 0.1) is 0 Å². The Morgan fingerprint density at radius 3 is 1.60 bits per heavy atom. The topological polar surface area (TPSA) is 9.86 Å². The Hall–Kier alpha value is -6.68. The minimum absolute atomic E-state index is 1.16. The van der Waals surface area contributed by atoms with Gasteiger partial charge in [-0.1, -0.05) is 140 Å². The van der Waals surface area contributed by atoms with Gasteiger partial charge in [-0.05, 0) is 81.9 Å². The Labute approximate surface area is 311 Å². The second-order valence-corrected chi connectivity index (χ2v) is 14.8. The summed E-state index contributed by atoms with van der Waals surface area (Å²) in [4.78, 5) is 0. The Bertz CT molecular complexity index is 3130. The van der Waals surface area contributed by atoms with Gasteiger partial charge in [0, 0.05) is 53.9 Å². The summed E-state index contributed by atoms with van der Waals surface area (Å²) >= 11 is 1.91. The summed E-state index contributed by atoms with van der Waals surface area (Å²) in [5, 5.41) is 6.36. The van der Waals surface area contributed by atoms with Crippen LogP contribution >= 0.6 is 11.3 Å². The molecule has 0 saturated carbocycles. The zero-order chi connectivity index (χ0) is 34.9.